The third-order valence-electron chi connectivity index (χ3n) is 3.83. The molecule has 0 saturated heterocycles. The van der Waals surface area contributed by atoms with E-state index in [1.165, 1.54) is 37.8 Å². The van der Waals surface area contributed by atoms with Gasteiger partial charge in [-0.1, -0.05) is 31.9 Å². The summed E-state index contributed by atoms with van der Waals surface area (Å²) >= 11 is 0. The van der Waals surface area contributed by atoms with Gasteiger partial charge in [-0.2, -0.15) is 0 Å². The first-order valence-electron chi connectivity index (χ1n) is 7.37. The minimum absolute atomic E-state index is 0.0288. The van der Waals surface area contributed by atoms with Gasteiger partial charge in [0.2, 0.25) is 0 Å². The molecule has 0 bridgehead atoms. The highest BCUT2D eigenvalue weighted by Crippen LogP contribution is 2.27. The fraction of sp³-hybridized carbons (Fsp3) is 0.625. The van der Waals surface area contributed by atoms with E-state index in [1.54, 1.807) is 0 Å². The van der Waals surface area contributed by atoms with Crippen molar-refractivity contribution < 1.29 is 9.13 Å². The Bertz CT molecular complexity index is 360. The predicted molar refractivity (Wildman–Crippen MR) is 75.6 cm³/mol. The minimum Gasteiger partial charge on any atom is -0.372 e. The van der Waals surface area contributed by atoms with Crippen molar-refractivity contribution >= 4 is 0 Å². The molecule has 0 aromatic heterocycles. The van der Waals surface area contributed by atoms with Gasteiger partial charge in [-0.05, 0) is 43.0 Å². The van der Waals surface area contributed by atoms with Crippen LogP contribution in [0.25, 0.3) is 0 Å². The lowest BCUT2D eigenvalue weighted by Crippen LogP contribution is -2.24. The van der Waals surface area contributed by atoms with Gasteiger partial charge in [-0.25, -0.2) is 4.39 Å². The second-order valence-electron chi connectivity index (χ2n) is 5.33. The van der Waals surface area contributed by atoms with Gasteiger partial charge in [-0.3, -0.25) is 0 Å². The lowest BCUT2D eigenvalue weighted by atomic mass is 10.1. The molecular formula is C16H24FNO. The van der Waals surface area contributed by atoms with E-state index in [1.807, 2.05) is 12.1 Å². The number of likely N-dealkylation sites (N-methyl/N-ethyl adjacent to an activating group) is 1. The SMILES string of the molecule is CCNCC(OCC1CCCC1)c1ccc(F)cc1. The van der Waals surface area contributed by atoms with Crippen LogP contribution in [0.2, 0.25) is 0 Å². The summed E-state index contributed by atoms with van der Waals surface area (Å²) in [7, 11) is 0. The van der Waals surface area contributed by atoms with Crippen molar-refractivity contribution in [2.45, 2.75) is 38.7 Å². The second-order valence-corrected chi connectivity index (χ2v) is 5.33. The van der Waals surface area contributed by atoms with Gasteiger partial charge in [0.25, 0.3) is 0 Å². The normalized spacial score (nSPS) is 17.8. The van der Waals surface area contributed by atoms with Crippen molar-refractivity contribution in [2.75, 3.05) is 19.7 Å². The largest absolute Gasteiger partial charge is 0.372 e. The van der Waals surface area contributed by atoms with Gasteiger partial charge in [-0.15, -0.1) is 0 Å². The summed E-state index contributed by atoms with van der Waals surface area (Å²) in [4.78, 5) is 0. The van der Waals surface area contributed by atoms with Crippen molar-refractivity contribution in [1.82, 2.24) is 5.32 Å². The molecule has 1 atom stereocenters. The van der Waals surface area contributed by atoms with Crippen molar-refractivity contribution in [2.24, 2.45) is 5.92 Å². The molecular weight excluding hydrogens is 241 g/mol. The maximum atomic E-state index is 13.0. The molecule has 0 amide bonds. The lowest BCUT2D eigenvalue weighted by molar-refractivity contribution is 0.0297. The van der Waals surface area contributed by atoms with Gasteiger partial charge in [0.1, 0.15) is 5.82 Å². The van der Waals surface area contributed by atoms with Crippen LogP contribution in [0.3, 0.4) is 0 Å². The highest BCUT2D eigenvalue weighted by atomic mass is 19.1. The van der Waals surface area contributed by atoms with E-state index in [0.29, 0.717) is 5.92 Å². The summed E-state index contributed by atoms with van der Waals surface area (Å²) < 4.78 is 19.0. The molecule has 0 heterocycles. The Hall–Kier alpha value is -0.930. The smallest absolute Gasteiger partial charge is 0.123 e. The van der Waals surface area contributed by atoms with Crippen LogP contribution >= 0.6 is 0 Å². The fourth-order valence-electron chi connectivity index (χ4n) is 2.66. The Kier molecular flexibility index (Phi) is 5.80. The van der Waals surface area contributed by atoms with Gasteiger partial charge < -0.3 is 10.1 Å². The quantitative estimate of drug-likeness (QED) is 0.812. The number of hydrogen-bond donors (Lipinski definition) is 1. The van der Waals surface area contributed by atoms with Crippen molar-refractivity contribution in [3.63, 3.8) is 0 Å². The number of nitrogens with one attached hydrogen (secondary N) is 1. The van der Waals surface area contributed by atoms with Crippen LogP contribution in [0.4, 0.5) is 4.39 Å². The molecule has 1 aromatic carbocycles. The minimum atomic E-state index is -0.193. The molecule has 2 rings (SSSR count). The molecule has 2 nitrogen and oxygen atoms in total. The van der Waals surface area contributed by atoms with Gasteiger partial charge in [0.05, 0.1) is 12.7 Å². The molecule has 0 radical (unpaired) electrons. The van der Waals surface area contributed by atoms with Crippen LogP contribution in [-0.4, -0.2) is 19.7 Å². The highest BCUT2D eigenvalue weighted by molar-refractivity contribution is 5.19. The van der Waals surface area contributed by atoms with Crippen LogP contribution in [0.1, 0.15) is 44.3 Å². The molecule has 0 spiro atoms. The average molecular weight is 265 g/mol. The zero-order chi connectivity index (χ0) is 13.5. The van der Waals surface area contributed by atoms with Crippen molar-refractivity contribution in [3.05, 3.63) is 35.6 Å². The number of rotatable bonds is 7. The average Bonchev–Trinajstić information content (AvgIpc) is 2.93. The maximum absolute atomic E-state index is 13.0. The number of halogens is 1. The van der Waals surface area contributed by atoms with E-state index in [0.717, 1.165) is 25.3 Å². The van der Waals surface area contributed by atoms with Gasteiger partial charge in [0, 0.05) is 6.54 Å². The van der Waals surface area contributed by atoms with E-state index in [2.05, 4.69) is 12.2 Å². The second kappa shape index (κ2) is 7.61. The van der Waals surface area contributed by atoms with Crippen molar-refractivity contribution in [3.8, 4) is 0 Å². The molecule has 0 aliphatic heterocycles. The lowest BCUT2D eigenvalue weighted by Gasteiger charge is -2.21. The Balaban J connectivity index is 1.91. The molecule has 3 heteroatoms. The molecule has 19 heavy (non-hydrogen) atoms. The molecule has 1 N–H and O–H groups in total. The third-order valence-corrected chi connectivity index (χ3v) is 3.83. The van der Waals surface area contributed by atoms with Gasteiger partial charge >= 0.3 is 0 Å². The van der Waals surface area contributed by atoms with E-state index in [-0.39, 0.29) is 11.9 Å². The standard InChI is InChI=1S/C16H24FNO/c1-2-18-11-16(14-7-9-15(17)10-8-14)19-12-13-5-3-4-6-13/h7-10,13,16,18H,2-6,11-12H2,1H3. The Morgan fingerprint density at radius 3 is 2.58 bits per heavy atom. The topological polar surface area (TPSA) is 21.3 Å². The van der Waals surface area contributed by atoms with E-state index >= 15 is 0 Å². The molecule has 1 fully saturated rings. The molecule has 1 aromatic rings. The van der Waals surface area contributed by atoms with E-state index in [4.69, 9.17) is 4.74 Å². The predicted octanol–water partition coefficient (Wildman–Crippen LogP) is 3.68. The van der Waals surface area contributed by atoms with Crippen LogP contribution in [0, 0.1) is 11.7 Å². The zero-order valence-corrected chi connectivity index (χ0v) is 11.7. The Morgan fingerprint density at radius 2 is 1.95 bits per heavy atom. The monoisotopic (exact) mass is 265 g/mol. The first kappa shape index (κ1) is 14.5. The summed E-state index contributed by atoms with van der Waals surface area (Å²) in [6, 6.07) is 6.67. The summed E-state index contributed by atoms with van der Waals surface area (Å²) in [5.41, 5.74) is 1.06. The summed E-state index contributed by atoms with van der Waals surface area (Å²) in [6.07, 6.45) is 5.28. The molecule has 1 aliphatic rings. The number of benzene rings is 1. The Labute approximate surface area is 115 Å². The van der Waals surface area contributed by atoms with Crippen LogP contribution in [0.5, 0.6) is 0 Å². The van der Waals surface area contributed by atoms with Gasteiger partial charge in [0.15, 0.2) is 0 Å². The molecule has 106 valence electrons. The first-order valence-corrected chi connectivity index (χ1v) is 7.37. The number of ether oxygens (including phenoxy) is 1. The van der Waals surface area contributed by atoms with E-state index in [9.17, 15) is 4.39 Å². The summed E-state index contributed by atoms with van der Waals surface area (Å²) in [6.45, 7) is 4.62. The van der Waals surface area contributed by atoms with Crippen LogP contribution in [-0.2, 0) is 4.74 Å². The summed E-state index contributed by atoms with van der Waals surface area (Å²) in [5, 5.41) is 3.32. The summed E-state index contributed by atoms with van der Waals surface area (Å²) in [5.74, 6) is 0.520. The van der Waals surface area contributed by atoms with Crippen LogP contribution in [0.15, 0.2) is 24.3 Å². The third kappa shape index (κ3) is 4.59. The van der Waals surface area contributed by atoms with Crippen molar-refractivity contribution in [1.29, 1.82) is 0 Å². The molecule has 1 aliphatic carbocycles. The first-order chi connectivity index (χ1) is 9.29. The Morgan fingerprint density at radius 1 is 1.26 bits per heavy atom. The zero-order valence-electron chi connectivity index (χ0n) is 11.7. The van der Waals surface area contributed by atoms with Crippen LogP contribution < -0.4 is 5.32 Å². The van der Waals surface area contributed by atoms with E-state index < -0.39 is 0 Å². The molecule has 1 unspecified atom stereocenters. The number of hydrogen-bond acceptors (Lipinski definition) is 2. The fourth-order valence-corrected chi connectivity index (χ4v) is 2.66. The highest BCUT2D eigenvalue weighted by Gasteiger charge is 2.18. The maximum Gasteiger partial charge on any atom is 0.123 e. The molecule has 1 saturated carbocycles.